The average molecular weight is 238 g/mol. The molecule has 2 N–H and O–H groups in total. The predicted molar refractivity (Wildman–Crippen MR) is 71.0 cm³/mol. The molecule has 0 aliphatic rings. The molecule has 3 aromatic rings. The first-order chi connectivity index (χ1) is 8.88. The van der Waals surface area contributed by atoms with Crippen molar-refractivity contribution in [3.63, 3.8) is 0 Å². The number of fused-ring (bicyclic) bond motifs is 1. The minimum atomic E-state index is 0.454. The molecule has 2 aromatic heterocycles. The van der Waals surface area contributed by atoms with Gasteiger partial charge in [-0.3, -0.25) is 4.98 Å². The SMILES string of the molecule is NCc1nccn1Cc1ccnc2ccccc12. The summed E-state index contributed by atoms with van der Waals surface area (Å²) in [7, 11) is 0. The summed E-state index contributed by atoms with van der Waals surface area (Å²) in [5.41, 5.74) is 7.91. The molecule has 0 aliphatic heterocycles. The quantitative estimate of drug-likeness (QED) is 0.758. The van der Waals surface area contributed by atoms with Crippen LogP contribution in [-0.4, -0.2) is 14.5 Å². The Bertz CT molecular complexity index is 667. The largest absolute Gasteiger partial charge is 0.329 e. The third-order valence-electron chi connectivity index (χ3n) is 3.06. The Morgan fingerprint density at radius 3 is 2.83 bits per heavy atom. The van der Waals surface area contributed by atoms with E-state index in [1.807, 2.05) is 36.7 Å². The first-order valence-corrected chi connectivity index (χ1v) is 5.91. The molecule has 90 valence electrons. The maximum atomic E-state index is 5.67. The molecule has 4 heteroatoms. The topological polar surface area (TPSA) is 56.7 Å². The minimum absolute atomic E-state index is 0.454. The summed E-state index contributed by atoms with van der Waals surface area (Å²) < 4.78 is 2.07. The lowest BCUT2D eigenvalue weighted by Gasteiger charge is -2.09. The molecule has 0 spiro atoms. The molecule has 0 amide bonds. The van der Waals surface area contributed by atoms with E-state index in [2.05, 4.69) is 20.6 Å². The molecule has 0 unspecified atom stereocenters. The standard InChI is InChI=1S/C14H14N4/c15-9-14-17-7-8-18(14)10-11-5-6-16-13-4-2-1-3-12(11)13/h1-8H,9-10,15H2. The van der Waals surface area contributed by atoms with Crippen LogP contribution in [-0.2, 0) is 13.1 Å². The summed E-state index contributed by atoms with van der Waals surface area (Å²) in [5, 5.41) is 1.18. The van der Waals surface area contributed by atoms with Gasteiger partial charge in [0, 0.05) is 30.5 Å². The van der Waals surface area contributed by atoms with E-state index in [1.54, 1.807) is 6.20 Å². The van der Waals surface area contributed by atoms with Gasteiger partial charge < -0.3 is 10.3 Å². The molecule has 0 aliphatic carbocycles. The van der Waals surface area contributed by atoms with Gasteiger partial charge in [-0.05, 0) is 17.7 Å². The first kappa shape index (κ1) is 10.9. The molecule has 2 heterocycles. The number of pyridine rings is 1. The van der Waals surface area contributed by atoms with E-state index in [4.69, 9.17) is 5.73 Å². The number of para-hydroxylation sites is 1. The molecular formula is C14H14N4. The lowest BCUT2D eigenvalue weighted by Crippen LogP contribution is -2.09. The molecule has 0 saturated carbocycles. The van der Waals surface area contributed by atoms with Gasteiger partial charge in [0.1, 0.15) is 5.82 Å². The first-order valence-electron chi connectivity index (χ1n) is 5.91. The summed E-state index contributed by atoms with van der Waals surface area (Å²) in [6.45, 7) is 1.23. The van der Waals surface area contributed by atoms with Crippen LogP contribution in [0.25, 0.3) is 10.9 Å². The normalized spacial score (nSPS) is 10.9. The van der Waals surface area contributed by atoms with E-state index < -0.39 is 0 Å². The second-order valence-electron chi connectivity index (χ2n) is 4.16. The van der Waals surface area contributed by atoms with Crippen LogP contribution in [0.5, 0.6) is 0 Å². The van der Waals surface area contributed by atoms with Crippen LogP contribution in [0.4, 0.5) is 0 Å². The second kappa shape index (κ2) is 4.58. The van der Waals surface area contributed by atoms with Crippen LogP contribution in [0.1, 0.15) is 11.4 Å². The number of aromatic nitrogens is 3. The van der Waals surface area contributed by atoms with Crippen molar-refractivity contribution >= 4 is 10.9 Å². The van der Waals surface area contributed by atoms with E-state index >= 15 is 0 Å². The lowest BCUT2D eigenvalue weighted by atomic mass is 10.1. The van der Waals surface area contributed by atoms with Crippen LogP contribution in [0.3, 0.4) is 0 Å². The number of hydrogen-bond acceptors (Lipinski definition) is 3. The fourth-order valence-corrected chi connectivity index (χ4v) is 2.15. The van der Waals surface area contributed by atoms with Gasteiger partial charge >= 0.3 is 0 Å². The number of imidazole rings is 1. The molecule has 4 nitrogen and oxygen atoms in total. The highest BCUT2D eigenvalue weighted by atomic mass is 15.1. The van der Waals surface area contributed by atoms with E-state index in [9.17, 15) is 0 Å². The Hall–Kier alpha value is -2.20. The highest BCUT2D eigenvalue weighted by Gasteiger charge is 2.05. The summed E-state index contributed by atoms with van der Waals surface area (Å²) in [4.78, 5) is 8.60. The Morgan fingerprint density at radius 1 is 1.06 bits per heavy atom. The summed E-state index contributed by atoms with van der Waals surface area (Å²) >= 11 is 0. The van der Waals surface area contributed by atoms with Crippen molar-refractivity contribution in [2.24, 2.45) is 5.73 Å². The molecular weight excluding hydrogens is 224 g/mol. The summed E-state index contributed by atoms with van der Waals surface area (Å²) in [5.74, 6) is 0.899. The van der Waals surface area contributed by atoms with E-state index in [1.165, 1.54) is 10.9 Å². The zero-order valence-electron chi connectivity index (χ0n) is 9.95. The molecule has 0 radical (unpaired) electrons. The molecule has 18 heavy (non-hydrogen) atoms. The molecule has 1 aromatic carbocycles. The van der Waals surface area contributed by atoms with Crippen molar-refractivity contribution in [3.8, 4) is 0 Å². The van der Waals surface area contributed by atoms with E-state index in [0.717, 1.165) is 17.9 Å². The van der Waals surface area contributed by atoms with Gasteiger partial charge in [0.05, 0.1) is 12.1 Å². The number of rotatable bonds is 3. The van der Waals surface area contributed by atoms with Crippen LogP contribution in [0, 0.1) is 0 Å². The maximum absolute atomic E-state index is 5.67. The number of hydrogen-bond donors (Lipinski definition) is 1. The second-order valence-corrected chi connectivity index (χ2v) is 4.16. The van der Waals surface area contributed by atoms with Gasteiger partial charge in [-0.1, -0.05) is 18.2 Å². The van der Waals surface area contributed by atoms with Gasteiger partial charge in [-0.25, -0.2) is 4.98 Å². The van der Waals surface area contributed by atoms with Crippen LogP contribution in [0.2, 0.25) is 0 Å². The molecule has 0 bridgehead atoms. The minimum Gasteiger partial charge on any atom is -0.329 e. The van der Waals surface area contributed by atoms with Gasteiger partial charge in [-0.15, -0.1) is 0 Å². The van der Waals surface area contributed by atoms with E-state index in [-0.39, 0.29) is 0 Å². The fraction of sp³-hybridized carbons (Fsp3) is 0.143. The average Bonchev–Trinajstić information content (AvgIpc) is 2.86. The number of nitrogens with zero attached hydrogens (tertiary/aromatic N) is 3. The van der Waals surface area contributed by atoms with Gasteiger partial charge in [0.15, 0.2) is 0 Å². The van der Waals surface area contributed by atoms with Crippen molar-refractivity contribution in [1.82, 2.24) is 14.5 Å². The Balaban J connectivity index is 2.05. The zero-order valence-corrected chi connectivity index (χ0v) is 9.95. The Labute approximate surface area is 105 Å². The van der Waals surface area contributed by atoms with E-state index in [0.29, 0.717) is 6.54 Å². The fourth-order valence-electron chi connectivity index (χ4n) is 2.15. The van der Waals surface area contributed by atoms with Gasteiger partial charge in [-0.2, -0.15) is 0 Å². The number of nitrogens with two attached hydrogens (primary N) is 1. The van der Waals surface area contributed by atoms with Gasteiger partial charge in [0.25, 0.3) is 0 Å². The third-order valence-corrected chi connectivity index (χ3v) is 3.06. The number of benzene rings is 1. The van der Waals surface area contributed by atoms with Crippen LogP contribution >= 0.6 is 0 Å². The Morgan fingerprint density at radius 2 is 1.94 bits per heavy atom. The molecule has 0 fully saturated rings. The van der Waals surface area contributed by atoms with Gasteiger partial charge in [0.2, 0.25) is 0 Å². The van der Waals surface area contributed by atoms with Crippen molar-refractivity contribution in [3.05, 3.63) is 60.3 Å². The molecule has 0 saturated heterocycles. The summed E-state index contributed by atoms with van der Waals surface area (Å²) in [6, 6.07) is 10.2. The lowest BCUT2D eigenvalue weighted by molar-refractivity contribution is 0.727. The highest BCUT2D eigenvalue weighted by Crippen LogP contribution is 2.17. The monoisotopic (exact) mass is 238 g/mol. The molecule has 3 rings (SSSR count). The summed E-state index contributed by atoms with van der Waals surface area (Å²) in [6.07, 6.45) is 5.58. The van der Waals surface area contributed by atoms with Crippen molar-refractivity contribution in [2.45, 2.75) is 13.1 Å². The van der Waals surface area contributed by atoms with Crippen LogP contribution < -0.4 is 5.73 Å². The predicted octanol–water partition coefficient (Wildman–Crippen LogP) is 1.94. The highest BCUT2D eigenvalue weighted by molar-refractivity contribution is 5.81. The Kier molecular flexibility index (Phi) is 2.78. The maximum Gasteiger partial charge on any atom is 0.122 e. The van der Waals surface area contributed by atoms with Crippen molar-refractivity contribution in [2.75, 3.05) is 0 Å². The van der Waals surface area contributed by atoms with Crippen molar-refractivity contribution in [1.29, 1.82) is 0 Å². The smallest absolute Gasteiger partial charge is 0.122 e. The van der Waals surface area contributed by atoms with Crippen molar-refractivity contribution < 1.29 is 0 Å². The zero-order chi connectivity index (χ0) is 12.4. The molecule has 0 atom stereocenters. The van der Waals surface area contributed by atoms with Crippen LogP contribution in [0.15, 0.2) is 48.9 Å². The third kappa shape index (κ3) is 1.87.